The monoisotopic (exact) mass is 239 g/mol. The zero-order chi connectivity index (χ0) is 9.42. The zero-order valence-electron chi connectivity index (χ0n) is 7.50. The van der Waals surface area contributed by atoms with Gasteiger partial charge in [-0.15, -0.1) is 0 Å². The number of benzene rings is 1. The molecule has 0 amide bonds. The van der Waals surface area contributed by atoms with E-state index in [9.17, 15) is 0 Å². The lowest BCUT2D eigenvalue weighted by Crippen LogP contribution is -1.92. The third kappa shape index (κ3) is 1.21. The largest absolute Gasteiger partial charge is 0.371 e. The molecule has 0 saturated carbocycles. The van der Waals surface area contributed by atoms with E-state index in [2.05, 4.69) is 32.4 Å². The predicted octanol–water partition coefficient (Wildman–Crippen LogP) is 2.38. The molecule has 13 heavy (non-hydrogen) atoms. The molecular formula is C9H10BrN3. The van der Waals surface area contributed by atoms with Gasteiger partial charge in [0.2, 0.25) is 0 Å². The third-order valence-corrected chi connectivity index (χ3v) is 2.69. The summed E-state index contributed by atoms with van der Waals surface area (Å²) in [6.45, 7) is 0. The van der Waals surface area contributed by atoms with Crippen LogP contribution in [-0.2, 0) is 7.05 Å². The van der Waals surface area contributed by atoms with Crippen molar-refractivity contribution in [1.29, 1.82) is 0 Å². The Kier molecular flexibility index (Phi) is 2.00. The van der Waals surface area contributed by atoms with E-state index in [0.29, 0.717) is 0 Å². The highest BCUT2D eigenvalue weighted by atomic mass is 79.9. The van der Waals surface area contributed by atoms with Gasteiger partial charge in [-0.05, 0) is 28.1 Å². The Morgan fingerprint density at radius 3 is 2.92 bits per heavy atom. The first-order valence-electron chi connectivity index (χ1n) is 4.03. The molecule has 0 saturated heterocycles. The van der Waals surface area contributed by atoms with Crippen molar-refractivity contribution in [2.45, 2.75) is 0 Å². The average molecular weight is 240 g/mol. The van der Waals surface area contributed by atoms with Gasteiger partial charge in [0.05, 0.1) is 5.52 Å². The first-order valence-corrected chi connectivity index (χ1v) is 4.82. The lowest BCUT2D eigenvalue weighted by Gasteiger charge is -1.96. The summed E-state index contributed by atoms with van der Waals surface area (Å²) in [6.07, 6.45) is 0. The van der Waals surface area contributed by atoms with Crippen LogP contribution in [0, 0.1) is 0 Å². The smallest absolute Gasteiger partial charge is 0.155 e. The number of nitrogens with zero attached hydrogens (tertiary/aromatic N) is 2. The van der Waals surface area contributed by atoms with E-state index in [0.717, 1.165) is 21.2 Å². The van der Waals surface area contributed by atoms with Gasteiger partial charge in [0.1, 0.15) is 0 Å². The van der Waals surface area contributed by atoms with Crippen molar-refractivity contribution in [2.75, 3.05) is 12.4 Å². The molecule has 1 heterocycles. The molecule has 68 valence electrons. The molecule has 0 aliphatic rings. The second-order valence-corrected chi connectivity index (χ2v) is 3.71. The number of aromatic nitrogens is 2. The number of fused-ring (bicyclic) bond motifs is 1. The summed E-state index contributed by atoms with van der Waals surface area (Å²) in [5.74, 6) is 0.916. The number of aryl methyl sites for hydroxylation is 1. The summed E-state index contributed by atoms with van der Waals surface area (Å²) in [5.41, 5.74) is 1.12. The van der Waals surface area contributed by atoms with Gasteiger partial charge in [-0.2, -0.15) is 5.10 Å². The van der Waals surface area contributed by atoms with Gasteiger partial charge in [0.15, 0.2) is 5.82 Å². The minimum absolute atomic E-state index is 0.916. The molecule has 3 nitrogen and oxygen atoms in total. The van der Waals surface area contributed by atoms with Gasteiger partial charge in [0, 0.05) is 24.0 Å². The molecule has 0 fully saturated rings. The lowest BCUT2D eigenvalue weighted by atomic mass is 10.2. The molecule has 2 rings (SSSR count). The van der Waals surface area contributed by atoms with Gasteiger partial charge < -0.3 is 5.32 Å². The summed E-state index contributed by atoms with van der Waals surface area (Å²) < 4.78 is 2.94. The fourth-order valence-corrected chi connectivity index (χ4v) is 2.10. The summed E-state index contributed by atoms with van der Waals surface area (Å²) in [6, 6.07) is 6.08. The summed E-state index contributed by atoms with van der Waals surface area (Å²) in [7, 11) is 3.82. The van der Waals surface area contributed by atoms with Crippen LogP contribution in [0.2, 0.25) is 0 Å². The Morgan fingerprint density at radius 2 is 2.23 bits per heavy atom. The number of nitrogens with one attached hydrogen (secondary N) is 1. The molecule has 1 aromatic carbocycles. The molecule has 0 aliphatic carbocycles. The number of halogens is 1. The Balaban J connectivity index is 2.87. The van der Waals surface area contributed by atoms with Crippen molar-refractivity contribution in [3.63, 3.8) is 0 Å². The average Bonchev–Trinajstić information content (AvgIpc) is 2.44. The molecule has 2 aromatic rings. The van der Waals surface area contributed by atoms with Crippen molar-refractivity contribution in [3.05, 3.63) is 22.7 Å². The molecule has 0 radical (unpaired) electrons. The number of hydrogen-bond donors (Lipinski definition) is 1. The molecule has 0 bridgehead atoms. The Hall–Kier alpha value is -1.03. The number of anilines is 1. The Morgan fingerprint density at radius 1 is 1.46 bits per heavy atom. The van der Waals surface area contributed by atoms with Crippen LogP contribution in [0.1, 0.15) is 0 Å². The van der Waals surface area contributed by atoms with Gasteiger partial charge in [0.25, 0.3) is 0 Å². The van der Waals surface area contributed by atoms with E-state index < -0.39 is 0 Å². The Bertz CT molecular complexity index is 447. The third-order valence-electron chi connectivity index (χ3n) is 2.05. The second kappa shape index (κ2) is 3.03. The van der Waals surface area contributed by atoms with Crippen molar-refractivity contribution in [2.24, 2.45) is 7.05 Å². The minimum Gasteiger partial charge on any atom is -0.371 e. The Labute approximate surface area is 84.9 Å². The normalized spacial score (nSPS) is 10.7. The number of hydrogen-bond acceptors (Lipinski definition) is 2. The molecule has 0 aliphatic heterocycles. The van der Waals surface area contributed by atoms with Crippen LogP contribution < -0.4 is 5.32 Å². The fraction of sp³-hybridized carbons (Fsp3) is 0.222. The van der Waals surface area contributed by atoms with Gasteiger partial charge in [-0.1, -0.05) is 6.07 Å². The molecule has 0 unspecified atom stereocenters. The van der Waals surface area contributed by atoms with E-state index in [-0.39, 0.29) is 0 Å². The topological polar surface area (TPSA) is 29.9 Å². The number of para-hydroxylation sites is 1. The standard InChI is InChI=1S/C9H10BrN3/c1-11-9-6-4-3-5-7(10)8(6)13(2)12-9/h3-5H,1-2H3,(H,11,12). The van der Waals surface area contributed by atoms with E-state index in [1.54, 1.807) is 0 Å². The van der Waals surface area contributed by atoms with Crippen LogP contribution in [0.15, 0.2) is 22.7 Å². The molecule has 4 heteroatoms. The highest BCUT2D eigenvalue weighted by Crippen LogP contribution is 2.27. The molecular weight excluding hydrogens is 230 g/mol. The summed E-state index contributed by atoms with van der Waals surface area (Å²) in [4.78, 5) is 0. The quantitative estimate of drug-likeness (QED) is 0.829. The fourth-order valence-electron chi connectivity index (χ4n) is 1.47. The molecule has 0 spiro atoms. The van der Waals surface area contributed by atoms with E-state index in [4.69, 9.17) is 0 Å². The van der Waals surface area contributed by atoms with Crippen LogP contribution in [0.25, 0.3) is 10.9 Å². The number of rotatable bonds is 1. The highest BCUT2D eigenvalue weighted by Gasteiger charge is 2.08. The maximum atomic E-state index is 4.34. The summed E-state index contributed by atoms with van der Waals surface area (Å²) in [5, 5.41) is 8.55. The van der Waals surface area contributed by atoms with E-state index in [1.165, 1.54) is 0 Å². The molecule has 0 atom stereocenters. The van der Waals surface area contributed by atoms with Crippen LogP contribution in [0.4, 0.5) is 5.82 Å². The van der Waals surface area contributed by atoms with Crippen molar-refractivity contribution < 1.29 is 0 Å². The van der Waals surface area contributed by atoms with Crippen LogP contribution >= 0.6 is 15.9 Å². The predicted molar refractivity (Wildman–Crippen MR) is 58.0 cm³/mol. The van der Waals surface area contributed by atoms with Crippen molar-refractivity contribution in [3.8, 4) is 0 Å². The molecule has 1 N–H and O–H groups in total. The first kappa shape index (κ1) is 8.56. The second-order valence-electron chi connectivity index (χ2n) is 2.86. The maximum absolute atomic E-state index is 4.34. The summed E-state index contributed by atoms with van der Waals surface area (Å²) >= 11 is 3.50. The van der Waals surface area contributed by atoms with Crippen molar-refractivity contribution >= 4 is 32.7 Å². The van der Waals surface area contributed by atoms with Gasteiger partial charge in [-0.3, -0.25) is 4.68 Å². The highest BCUT2D eigenvalue weighted by molar-refractivity contribution is 9.10. The van der Waals surface area contributed by atoms with Gasteiger partial charge >= 0.3 is 0 Å². The van der Waals surface area contributed by atoms with Gasteiger partial charge in [-0.25, -0.2) is 0 Å². The van der Waals surface area contributed by atoms with Crippen LogP contribution in [-0.4, -0.2) is 16.8 Å². The van der Waals surface area contributed by atoms with Crippen LogP contribution in [0.3, 0.4) is 0 Å². The van der Waals surface area contributed by atoms with E-state index >= 15 is 0 Å². The zero-order valence-corrected chi connectivity index (χ0v) is 9.09. The minimum atomic E-state index is 0.916. The molecule has 1 aromatic heterocycles. The van der Waals surface area contributed by atoms with Crippen LogP contribution in [0.5, 0.6) is 0 Å². The SMILES string of the molecule is CNc1nn(C)c2c(Br)cccc12. The van der Waals surface area contributed by atoms with E-state index in [1.807, 2.05) is 30.9 Å². The first-order chi connectivity index (χ1) is 6.24. The maximum Gasteiger partial charge on any atom is 0.155 e. The van der Waals surface area contributed by atoms with Crippen molar-refractivity contribution in [1.82, 2.24) is 9.78 Å². The lowest BCUT2D eigenvalue weighted by molar-refractivity contribution is 0.798.